The summed E-state index contributed by atoms with van der Waals surface area (Å²) in [7, 11) is 0. The molecule has 1 saturated heterocycles. The topological polar surface area (TPSA) is 21.1 Å². The molecule has 0 N–H and O–H groups in total. The van der Waals surface area contributed by atoms with Crippen molar-refractivity contribution in [2.24, 2.45) is 0 Å². The lowest BCUT2D eigenvalue weighted by molar-refractivity contribution is 0.243. The van der Waals surface area contributed by atoms with E-state index in [4.69, 9.17) is 23.2 Å². The van der Waals surface area contributed by atoms with Crippen LogP contribution < -0.4 is 0 Å². The lowest BCUT2D eigenvalue weighted by Crippen LogP contribution is -2.31. The van der Waals surface area contributed by atoms with Gasteiger partial charge in [0.1, 0.15) is 0 Å². The van der Waals surface area contributed by atoms with E-state index in [1.54, 1.807) is 12.4 Å². The van der Waals surface area contributed by atoms with Crippen molar-refractivity contribution < 1.29 is 0 Å². The largest absolute Gasteiger partial charge is 0.318 e. The average Bonchev–Trinajstić information content (AvgIpc) is 3.25. The van der Waals surface area contributed by atoms with E-state index in [-0.39, 0.29) is 0 Å². The average molecular weight is 384 g/mol. The molecule has 2 aliphatic rings. The molecule has 1 fully saturated rings. The van der Waals surface area contributed by atoms with Gasteiger partial charge in [-0.1, -0.05) is 23.2 Å². The maximum absolute atomic E-state index is 6.66. The van der Waals surface area contributed by atoms with Gasteiger partial charge in [0.25, 0.3) is 0 Å². The summed E-state index contributed by atoms with van der Waals surface area (Å²) >= 11 is 13.0. The summed E-state index contributed by atoms with van der Waals surface area (Å²) in [6.45, 7) is 2.31. The zero-order valence-electron chi connectivity index (χ0n) is 14.3. The molecule has 1 unspecified atom stereocenters. The van der Waals surface area contributed by atoms with Crippen LogP contribution in [-0.4, -0.2) is 27.5 Å². The van der Waals surface area contributed by atoms with Gasteiger partial charge in [-0.3, -0.25) is 9.88 Å². The fourth-order valence-corrected chi connectivity index (χ4v) is 4.90. The van der Waals surface area contributed by atoms with Gasteiger partial charge in [0.2, 0.25) is 0 Å². The van der Waals surface area contributed by atoms with Gasteiger partial charge in [0.05, 0.1) is 10.5 Å². The third kappa shape index (κ3) is 2.58. The van der Waals surface area contributed by atoms with E-state index in [2.05, 4.69) is 32.8 Å². The van der Waals surface area contributed by atoms with Crippen LogP contribution in [0.25, 0.3) is 22.1 Å². The van der Waals surface area contributed by atoms with Crippen LogP contribution in [-0.2, 0) is 6.42 Å². The Balaban J connectivity index is 1.74. The van der Waals surface area contributed by atoms with E-state index in [1.165, 1.54) is 41.5 Å². The number of pyridine rings is 1. The van der Waals surface area contributed by atoms with E-state index >= 15 is 0 Å². The SMILES string of the molecule is ClC(=Cn1c2c(c3cc(Cl)ccc31)C1CCCN1CC2)c1ccncc1. The molecule has 5 heteroatoms. The molecule has 0 bridgehead atoms. The Kier molecular flexibility index (Phi) is 4.04. The van der Waals surface area contributed by atoms with Crippen molar-refractivity contribution in [1.82, 2.24) is 14.5 Å². The molecule has 0 radical (unpaired) electrons. The van der Waals surface area contributed by atoms with Crippen LogP contribution in [0.4, 0.5) is 0 Å². The van der Waals surface area contributed by atoms with Gasteiger partial charge in [-0.2, -0.15) is 0 Å². The van der Waals surface area contributed by atoms with Crippen LogP contribution in [0.3, 0.4) is 0 Å². The summed E-state index contributed by atoms with van der Waals surface area (Å²) in [4.78, 5) is 6.69. The number of hydrogen-bond donors (Lipinski definition) is 0. The number of halogens is 2. The Labute approximate surface area is 162 Å². The van der Waals surface area contributed by atoms with Gasteiger partial charge in [-0.15, -0.1) is 0 Å². The monoisotopic (exact) mass is 383 g/mol. The highest BCUT2D eigenvalue weighted by Gasteiger charge is 2.35. The molecule has 2 aliphatic heterocycles. The summed E-state index contributed by atoms with van der Waals surface area (Å²) in [5.74, 6) is 0. The zero-order valence-corrected chi connectivity index (χ0v) is 15.8. The molecular weight excluding hydrogens is 365 g/mol. The summed E-state index contributed by atoms with van der Waals surface area (Å²) < 4.78 is 2.28. The van der Waals surface area contributed by atoms with Gasteiger partial charge in [-0.25, -0.2) is 0 Å². The fourth-order valence-electron chi connectivity index (χ4n) is 4.51. The molecule has 26 heavy (non-hydrogen) atoms. The maximum atomic E-state index is 6.66. The summed E-state index contributed by atoms with van der Waals surface area (Å²) in [6, 6.07) is 10.6. The van der Waals surface area contributed by atoms with Crippen molar-refractivity contribution in [3.05, 3.63) is 64.6 Å². The minimum Gasteiger partial charge on any atom is -0.318 e. The molecule has 0 aliphatic carbocycles. The minimum absolute atomic E-state index is 0.508. The molecule has 1 aromatic carbocycles. The second kappa shape index (κ2) is 6.41. The van der Waals surface area contributed by atoms with Gasteiger partial charge >= 0.3 is 0 Å². The molecule has 0 saturated carbocycles. The van der Waals surface area contributed by atoms with Crippen LogP contribution >= 0.6 is 23.2 Å². The standard InChI is InChI=1S/C21H19Cl2N3/c22-15-3-4-18-16(12-15)21-19-2-1-10-25(19)11-7-20(21)26(18)13-17(23)14-5-8-24-9-6-14/h3-6,8-9,12-13,19H,1-2,7,10-11H2. The fraction of sp³-hybridized carbons (Fsp3) is 0.286. The van der Waals surface area contributed by atoms with Gasteiger partial charge < -0.3 is 4.57 Å². The number of fused-ring (bicyclic) bond motifs is 5. The summed E-state index contributed by atoms with van der Waals surface area (Å²) in [6.07, 6.45) is 9.12. The highest BCUT2D eigenvalue weighted by atomic mass is 35.5. The molecule has 3 aromatic rings. The highest BCUT2D eigenvalue weighted by molar-refractivity contribution is 6.50. The summed E-state index contributed by atoms with van der Waals surface area (Å²) in [5.41, 5.74) is 4.98. The van der Waals surface area contributed by atoms with E-state index < -0.39 is 0 Å². The molecule has 0 amide bonds. The molecular formula is C21H19Cl2N3. The Morgan fingerprint density at radius 1 is 1.15 bits per heavy atom. The van der Waals surface area contributed by atoms with Crippen LogP contribution in [0.5, 0.6) is 0 Å². The van der Waals surface area contributed by atoms with E-state index in [0.29, 0.717) is 6.04 Å². The first-order valence-corrected chi connectivity index (χ1v) is 9.82. The molecule has 4 heterocycles. The van der Waals surface area contributed by atoms with E-state index in [1.807, 2.05) is 18.2 Å². The van der Waals surface area contributed by atoms with Crippen molar-refractivity contribution in [2.45, 2.75) is 25.3 Å². The van der Waals surface area contributed by atoms with E-state index in [0.717, 1.165) is 28.6 Å². The molecule has 3 nitrogen and oxygen atoms in total. The van der Waals surface area contributed by atoms with Crippen LogP contribution in [0.2, 0.25) is 5.02 Å². The molecule has 5 rings (SSSR count). The predicted octanol–water partition coefficient (Wildman–Crippen LogP) is 5.58. The molecule has 0 spiro atoms. The minimum atomic E-state index is 0.508. The Bertz CT molecular complexity index is 1010. The lowest BCUT2D eigenvalue weighted by Gasteiger charge is -2.30. The second-order valence-corrected chi connectivity index (χ2v) is 7.89. The third-order valence-electron chi connectivity index (χ3n) is 5.64. The second-order valence-electron chi connectivity index (χ2n) is 7.05. The van der Waals surface area contributed by atoms with Crippen molar-refractivity contribution in [3.63, 3.8) is 0 Å². The highest BCUT2D eigenvalue weighted by Crippen LogP contribution is 2.44. The first-order valence-electron chi connectivity index (χ1n) is 9.06. The molecule has 2 aromatic heterocycles. The quantitative estimate of drug-likeness (QED) is 0.575. The van der Waals surface area contributed by atoms with Crippen molar-refractivity contribution in [2.75, 3.05) is 13.1 Å². The van der Waals surface area contributed by atoms with Gasteiger partial charge in [0, 0.05) is 53.7 Å². The van der Waals surface area contributed by atoms with Crippen LogP contribution in [0, 0.1) is 0 Å². The number of benzene rings is 1. The van der Waals surface area contributed by atoms with Crippen LogP contribution in [0.15, 0.2) is 42.7 Å². The Morgan fingerprint density at radius 2 is 2.00 bits per heavy atom. The first kappa shape index (κ1) is 16.4. The van der Waals surface area contributed by atoms with Crippen molar-refractivity contribution >= 4 is 45.3 Å². The number of rotatable bonds is 2. The Morgan fingerprint density at radius 3 is 2.85 bits per heavy atom. The number of aromatic nitrogens is 2. The van der Waals surface area contributed by atoms with Crippen molar-refractivity contribution in [1.29, 1.82) is 0 Å². The van der Waals surface area contributed by atoms with E-state index in [9.17, 15) is 0 Å². The van der Waals surface area contributed by atoms with Gasteiger partial charge in [-0.05, 0) is 60.8 Å². The van der Waals surface area contributed by atoms with Gasteiger partial charge in [0.15, 0.2) is 0 Å². The first-order chi connectivity index (χ1) is 12.7. The zero-order chi connectivity index (χ0) is 17.7. The van der Waals surface area contributed by atoms with Crippen molar-refractivity contribution in [3.8, 4) is 0 Å². The number of hydrogen-bond acceptors (Lipinski definition) is 2. The maximum Gasteiger partial charge on any atom is 0.0645 e. The smallest absolute Gasteiger partial charge is 0.0645 e. The predicted molar refractivity (Wildman–Crippen MR) is 108 cm³/mol. The normalized spacial score (nSPS) is 20.4. The molecule has 132 valence electrons. The molecule has 1 atom stereocenters. The summed E-state index contributed by atoms with van der Waals surface area (Å²) in [5, 5.41) is 2.77. The third-order valence-corrected chi connectivity index (χ3v) is 6.19. The number of nitrogens with zero attached hydrogens (tertiary/aromatic N) is 3. The van der Waals surface area contributed by atoms with Crippen LogP contribution in [0.1, 0.15) is 35.7 Å². The Hall–Kier alpha value is -1.81. The lowest BCUT2D eigenvalue weighted by atomic mass is 9.96.